The first kappa shape index (κ1) is 21.6. The third kappa shape index (κ3) is 10.9. The lowest BCUT2D eigenvalue weighted by Crippen LogP contribution is -2.22. The molecule has 0 saturated heterocycles. The fraction of sp³-hybridized carbons (Fsp3) is 0.632. The number of carbonyl (C=O) groups excluding carboxylic acids is 1. The van der Waals surface area contributed by atoms with Crippen molar-refractivity contribution >= 4 is 5.97 Å². The molecule has 0 aromatic rings. The molecule has 0 fully saturated rings. The van der Waals surface area contributed by atoms with E-state index < -0.39 is 5.97 Å². The van der Waals surface area contributed by atoms with E-state index in [1.807, 2.05) is 25.2 Å². The lowest BCUT2D eigenvalue weighted by Gasteiger charge is -2.31. The Balaban J connectivity index is 4.42. The van der Waals surface area contributed by atoms with E-state index in [-0.39, 0.29) is 17.8 Å². The molecular weight excluding hydrogens is 292 g/mol. The number of hydrogen-bond donors (Lipinski definition) is 0. The van der Waals surface area contributed by atoms with Gasteiger partial charge < -0.3 is 0 Å². The maximum Gasteiger partial charge on any atom is 0.345 e. The average Bonchev–Trinajstić information content (AvgIpc) is 2.47. The van der Waals surface area contributed by atoms with E-state index in [1.54, 1.807) is 0 Å². The maximum absolute atomic E-state index is 11.9. The number of hydrogen-bond acceptors (Lipinski definition) is 4. The van der Waals surface area contributed by atoms with Crippen LogP contribution < -0.4 is 0 Å². The molecule has 1 atom stereocenters. The first-order chi connectivity index (χ1) is 11.0. The molecule has 4 heteroatoms. The SMILES string of the molecule is C=CCC(CC(=O)OOOCCCC)CC(C)(CC=C)CC=C. The van der Waals surface area contributed by atoms with Crippen LogP contribution in [0.5, 0.6) is 0 Å². The van der Waals surface area contributed by atoms with Crippen LogP contribution >= 0.6 is 0 Å². The minimum atomic E-state index is -0.423. The standard InChI is InChI=1S/C19H32O4/c1-6-10-14-21-23-22-18(20)15-17(11-7-2)16-19(5,12-8-3)13-9-4/h7-9,17H,2-4,6,10-16H2,1,5H3. The monoisotopic (exact) mass is 324 g/mol. The molecule has 0 spiro atoms. The van der Waals surface area contributed by atoms with Gasteiger partial charge in [-0.3, -0.25) is 4.89 Å². The topological polar surface area (TPSA) is 44.8 Å². The van der Waals surface area contributed by atoms with E-state index in [4.69, 9.17) is 4.89 Å². The summed E-state index contributed by atoms with van der Waals surface area (Å²) in [6, 6.07) is 0. The van der Waals surface area contributed by atoms with Gasteiger partial charge in [-0.05, 0) is 48.5 Å². The largest absolute Gasteiger partial charge is 0.345 e. The Kier molecular flexibility index (Phi) is 12.3. The second-order valence-corrected chi connectivity index (χ2v) is 6.29. The number of unbranched alkanes of at least 4 members (excludes halogenated alkanes) is 1. The zero-order valence-electron chi connectivity index (χ0n) is 14.7. The Morgan fingerprint density at radius 3 is 2.35 bits per heavy atom. The number of carbonyl (C=O) groups is 1. The molecule has 4 nitrogen and oxygen atoms in total. The van der Waals surface area contributed by atoms with Crippen molar-refractivity contribution in [3.8, 4) is 0 Å². The van der Waals surface area contributed by atoms with Crippen LogP contribution in [-0.2, 0) is 19.6 Å². The van der Waals surface area contributed by atoms with E-state index in [0.717, 1.165) is 38.5 Å². The molecule has 0 aromatic carbocycles. The molecule has 0 aliphatic carbocycles. The quantitative estimate of drug-likeness (QED) is 0.177. The van der Waals surface area contributed by atoms with Gasteiger partial charge in [0.05, 0.1) is 13.0 Å². The summed E-state index contributed by atoms with van der Waals surface area (Å²) in [6.07, 6.45) is 11.1. The lowest BCUT2D eigenvalue weighted by atomic mass is 9.74. The summed E-state index contributed by atoms with van der Waals surface area (Å²) in [7, 11) is 0. The van der Waals surface area contributed by atoms with Crippen molar-refractivity contribution in [3.63, 3.8) is 0 Å². The van der Waals surface area contributed by atoms with Crippen LogP contribution in [-0.4, -0.2) is 12.6 Å². The smallest absolute Gasteiger partial charge is 0.269 e. The molecule has 0 aliphatic heterocycles. The molecule has 23 heavy (non-hydrogen) atoms. The predicted octanol–water partition coefficient (Wildman–Crippen LogP) is 5.32. The molecule has 0 bridgehead atoms. The first-order valence-electron chi connectivity index (χ1n) is 8.33. The highest BCUT2D eigenvalue weighted by Crippen LogP contribution is 2.37. The molecule has 0 aromatic heterocycles. The first-order valence-corrected chi connectivity index (χ1v) is 8.33. The summed E-state index contributed by atoms with van der Waals surface area (Å²) in [6.45, 7) is 16.1. The summed E-state index contributed by atoms with van der Waals surface area (Å²) >= 11 is 0. The normalized spacial score (nSPS) is 12.4. The average molecular weight is 324 g/mol. The summed E-state index contributed by atoms with van der Waals surface area (Å²) in [4.78, 5) is 21.3. The number of allylic oxidation sites excluding steroid dienone is 3. The fourth-order valence-electron chi connectivity index (χ4n) is 2.69. The molecule has 0 heterocycles. The Hall–Kier alpha value is -1.39. The highest BCUT2D eigenvalue weighted by molar-refractivity contribution is 5.68. The Morgan fingerprint density at radius 2 is 1.83 bits per heavy atom. The van der Waals surface area contributed by atoms with Crippen molar-refractivity contribution in [2.24, 2.45) is 11.3 Å². The summed E-state index contributed by atoms with van der Waals surface area (Å²) in [5.41, 5.74) is 0.0376. The predicted molar refractivity (Wildman–Crippen MR) is 93.3 cm³/mol. The molecule has 0 aliphatic rings. The molecule has 1 unspecified atom stereocenters. The molecular formula is C19H32O4. The van der Waals surface area contributed by atoms with Crippen LogP contribution in [0.1, 0.15) is 58.8 Å². The van der Waals surface area contributed by atoms with Gasteiger partial charge >= 0.3 is 5.97 Å². The Labute approximate surface area is 141 Å². The van der Waals surface area contributed by atoms with Crippen LogP contribution in [0.2, 0.25) is 0 Å². The highest BCUT2D eigenvalue weighted by Gasteiger charge is 2.27. The third-order valence-corrected chi connectivity index (χ3v) is 3.77. The van der Waals surface area contributed by atoms with E-state index >= 15 is 0 Å². The van der Waals surface area contributed by atoms with Gasteiger partial charge in [-0.15, -0.1) is 19.7 Å². The van der Waals surface area contributed by atoms with Gasteiger partial charge in [-0.1, -0.05) is 38.5 Å². The van der Waals surface area contributed by atoms with Crippen LogP contribution in [0.4, 0.5) is 0 Å². The summed E-state index contributed by atoms with van der Waals surface area (Å²) < 4.78 is 0. The van der Waals surface area contributed by atoms with Crippen molar-refractivity contribution in [2.75, 3.05) is 6.61 Å². The zero-order chi connectivity index (χ0) is 17.6. The van der Waals surface area contributed by atoms with E-state index in [9.17, 15) is 4.79 Å². The maximum atomic E-state index is 11.9. The van der Waals surface area contributed by atoms with Crippen molar-refractivity contribution < 1.29 is 19.6 Å². The molecule has 0 saturated carbocycles. The van der Waals surface area contributed by atoms with Gasteiger partial charge in [0.2, 0.25) is 0 Å². The van der Waals surface area contributed by atoms with Gasteiger partial charge in [0.15, 0.2) is 0 Å². The van der Waals surface area contributed by atoms with Gasteiger partial charge in [0, 0.05) is 0 Å². The lowest BCUT2D eigenvalue weighted by molar-refractivity contribution is -0.486. The van der Waals surface area contributed by atoms with E-state index in [1.165, 1.54) is 0 Å². The van der Waals surface area contributed by atoms with Crippen molar-refractivity contribution in [1.82, 2.24) is 0 Å². The van der Waals surface area contributed by atoms with Crippen LogP contribution in [0.3, 0.4) is 0 Å². The van der Waals surface area contributed by atoms with Crippen molar-refractivity contribution in [1.29, 1.82) is 0 Å². The van der Waals surface area contributed by atoms with Gasteiger partial charge in [-0.2, -0.15) is 4.89 Å². The minimum absolute atomic E-state index is 0.0376. The van der Waals surface area contributed by atoms with Crippen LogP contribution in [0.25, 0.3) is 0 Å². The van der Waals surface area contributed by atoms with Crippen molar-refractivity contribution in [3.05, 3.63) is 38.0 Å². The summed E-state index contributed by atoms with van der Waals surface area (Å²) in [5.74, 6) is -0.281. The van der Waals surface area contributed by atoms with Gasteiger partial charge in [0.25, 0.3) is 0 Å². The van der Waals surface area contributed by atoms with Crippen LogP contribution in [0.15, 0.2) is 38.0 Å². The fourth-order valence-corrected chi connectivity index (χ4v) is 2.69. The van der Waals surface area contributed by atoms with E-state index in [2.05, 4.69) is 36.6 Å². The van der Waals surface area contributed by atoms with Crippen molar-refractivity contribution in [2.45, 2.75) is 58.8 Å². The van der Waals surface area contributed by atoms with Gasteiger partial charge in [-0.25, -0.2) is 4.79 Å². The molecule has 0 N–H and O–H groups in total. The minimum Gasteiger partial charge on any atom is -0.269 e. The second-order valence-electron chi connectivity index (χ2n) is 6.29. The highest BCUT2D eigenvalue weighted by atomic mass is 17.5. The number of rotatable bonds is 15. The molecule has 0 rings (SSSR count). The molecule has 0 amide bonds. The van der Waals surface area contributed by atoms with E-state index in [0.29, 0.717) is 6.61 Å². The third-order valence-electron chi connectivity index (χ3n) is 3.77. The molecule has 132 valence electrons. The Bertz CT molecular complexity index is 352. The second kappa shape index (κ2) is 13.1. The zero-order valence-corrected chi connectivity index (χ0v) is 14.7. The Morgan fingerprint density at radius 1 is 1.17 bits per heavy atom. The summed E-state index contributed by atoms with van der Waals surface area (Å²) in [5, 5.41) is 4.49. The van der Waals surface area contributed by atoms with Gasteiger partial charge in [0.1, 0.15) is 0 Å². The molecule has 0 radical (unpaired) electrons. The van der Waals surface area contributed by atoms with Crippen LogP contribution in [0, 0.1) is 11.3 Å².